The van der Waals surface area contributed by atoms with E-state index in [-0.39, 0.29) is 10.8 Å². The van der Waals surface area contributed by atoms with Crippen LogP contribution in [0.1, 0.15) is 16.8 Å². The molecule has 0 aromatic heterocycles. The first-order chi connectivity index (χ1) is 14.0. The molecule has 0 saturated carbocycles. The fourth-order valence-electron chi connectivity index (χ4n) is 2.81. The Balaban J connectivity index is 1.71. The number of hydrogen-bond donors (Lipinski definition) is 1. The SMILES string of the molecule is N#CCCSc1ccccc1NC(=O)c1ccc(S(=O)(=O)N2CCOCC2)cc1. The van der Waals surface area contributed by atoms with E-state index in [9.17, 15) is 13.2 Å². The van der Waals surface area contributed by atoms with E-state index < -0.39 is 10.0 Å². The van der Waals surface area contributed by atoms with Crippen molar-refractivity contribution < 1.29 is 17.9 Å². The van der Waals surface area contributed by atoms with Crippen LogP contribution in [0.2, 0.25) is 0 Å². The number of sulfonamides is 1. The largest absolute Gasteiger partial charge is 0.379 e. The molecular formula is C20H21N3O4S2. The van der Waals surface area contributed by atoms with Crippen molar-refractivity contribution in [3.8, 4) is 6.07 Å². The molecule has 0 atom stereocenters. The zero-order valence-electron chi connectivity index (χ0n) is 15.7. The fourth-order valence-corrected chi connectivity index (χ4v) is 5.08. The van der Waals surface area contributed by atoms with E-state index in [1.54, 1.807) is 6.07 Å². The van der Waals surface area contributed by atoms with Crippen molar-refractivity contribution in [2.45, 2.75) is 16.2 Å². The quantitative estimate of drug-likeness (QED) is 0.534. The average molecular weight is 432 g/mol. The zero-order valence-corrected chi connectivity index (χ0v) is 17.3. The van der Waals surface area contributed by atoms with Crippen LogP contribution < -0.4 is 5.32 Å². The average Bonchev–Trinajstić information content (AvgIpc) is 2.76. The van der Waals surface area contributed by atoms with Gasteiger partial charge in [0.2, 0.25) is 10.0 Å². The Kier molecular flexibility index (Phi) is 7.28. The second kappa shape index (κ2) is 9.89. The van der Waals surface area contributed by atoms with Crippen LogP contribution in [0.5, 0.6) is 0 Å². The smallest absolute Gasteiger partial charge is 0.255 e. The molecule has 1 aliphatic rings. The molecule has 2 aromatic carbocycles. The summed E-state index contributed by atoms with van der Waals surface area (Å²) in [6, 6.07) is 15.4. The van der Waals surface area contributed by atoms with E-state index in [4.69, 9.17) is 10.00 Å². The number of para-hydroxylation sites is 1. The van der Waals surface area contributed by atoms with Crippen LogP contribution in [-0.2, 0) is 14.8 Å². The number of morpholine rings is 1. The third kappa shape index (κ3) is 5.36. The highest BCUT2D eigenvalue weighted by Gasteiger charge is 2.26. The highest BCUT2D eigenvalue weighted by Crippen LogP contribution is 2.28. The van der Waals surface area contributed by atoms with Crippen LogP contribution in [-0.4, -0.2) is 50.7 Å². The standard InChI is InChI=1S/C20H21N3O4S2/c21-10-3-15-28-19-5-2-1-4-18(19)22-20(24)16-6-8-17(9-7-16)29(25,26)23-11-13-27-14-12-23/h1-2,4-9H,3,11-15H2,(H,22,24). The third-order valence-electron chi connectivity index (χ3n) is 4.33. The van der Waals surface area contributed by atoms with Crippen LogP contribution >= 0.6 is 11.8 Å². The zero-order chi connectivity index (χ0) is 20.7. The minimum Gasteiger partial charge on any atom is -0.379 e. The highest BCUT2D eigenvalue weighted by molar-refractivity contribution is 7.99. The van der Waals surface area contributed by atoms with Gasteiger partial charge in [0.1, 0.15) is 0 Å². The summed E-state index contributed by atoms with van der Waals surface area (Å²) in [5.74, 6) is 0.311. The Morgan fingerprint density at radius 2 is 1.83 bits per heavy atom. The predicted molar refractivity (Wildman–Crippen MR) is 111 cm³/mol. The third-order valence-corrected chi connectivity index (χ3v) is 7.32. The maximum absolute atomic E-state index is 12.7. The van der Waals surface area contributed by atoms with E-state index in [0.717, 1.165) is 4.90 Å². The summed E-state index contributed by atoms with van der Waals surface area (Å²) in [6.45, 7) is 1.41. The van der Waals surface area contributed by atoms with Gasteiger partial charge in [-0.2, -0.15) is 9.57 Å². The number of anilines is 1. The molecule has 2 aromatic rings. The summed E-state index contributed by atoms with van der Waals surface area (Å²) in [5, 5.41) is 11.5. The molecule has 9 heteroatoms. The first-order valence-corrected chi connectivity index (χ1v) is 11.5. The normalized spacial score (nSPS) is 14.9. The molecule has 0 radical (unpaired) electrons. The molecule has 29 heavy (non-hydrogen) atoms. The molecule has 1 N–H and O–H groups in total. The Labute approximate surface area is 174 Å². The summed E-state index contributed by atoms with van der Waals surface area (Å²) in [5.41, 5.74) is 1.02. The molecule has 1 heterocycles. The minimum atomic E-state index is -3.59. The number of carbonyl (C=O) groups is 1. The molecule has 0 aliphatic carbocycles. The van der Waals surface area contributed by atoms with E-state index in [1.807, 2.05) is 18.2 Å². The second-order valence-corrected chi connectivity index (χ2v) is 9.32. The van der Waals surface area contributed by atoms with Crippen LogP contribution in [0.3, 0.4) is 0 Å². The molecular weight excluding hydrogens is 410 g/mol. The monoisotopic (exact) mass is 431 g/mol. The molecule has 0 spiro atoms. The van der Waals surface area contributed by atoms with Crippen molar-refractivity contribution in [2.75, 3.05) is 37.4 Å². The number of nitrogens with zero attached hydrogens (tertiary/aromatic N) is 2. The van der Waals surface area contributed by atoms with Gasteiger partial charge in [0.05, 0.1) is 29.9 Å². The van der Waals surface area contributed by atoms with Gasteiger partial charge in [-0.25, -0.2) is 8.42 Å². The number of thioether (sulfide) groups is 1. The molecule has 1 aliphatic heterocycles. The molecule has 1 saturated heterocycles. The van der Waals surface area contributed by atoms with Gasteiger partial charge in [-0.05, 0) is 36.4 Å². The molecule has 3 rings (SSSR count). The number of nitriles is 1. The second-order valence-electron chi connectivity index (χ2n) is 6.25. The molecule has 152 valence electrons. The first kappa shape index (κ1) is 21.3. The van der Waals surface area contributed by atoms with Crippen LogP contribution in [0.25, 0.3) is 0 Å². The van der Waals surface area contributed by atoms with Crippen molar-refractivity contribution >= 4 is 33.4 Å². The number of nitrogens with one attached hydrogen (secondary N) is 1. The van der Waals surface area contributed by atoms with Gasteiger partial charge in [-0.3, -0.25) is 4.79 Å². The van der Waals surface area contributed by atoms with Gasteiger partial charge < -0.3 is 10.1 Å². The number of carbonyl (C=O) groups excluding carboxylic acids is 1. The first-order valence-electron chi connectivity index (χ1n) is 9.10. The molecule has 7 nitrogen and oxygen atoms in total. The summed E-state index contributed by atoms with van der Waals surface area (Å²) >= 11 is 1.50. The Bertz CT molecular complexity index is 995. The van der Waals surface area contributed by atoms with Crippen molar-refractivity contribution in [3.63, 3.8) is 0 Å². The van der Waals surface area contributed by atoms with Crippen molar-refractivity contribution in [1.29, 1.82) is 5.26 Å². The number of rotatable bonds is 7. The van der Waals surface area contributed by atoms with Gasteiger partial charge in [-0.15, -0.1) is 11.8 Å². The molecule has 1 amide bonds. The van der Waals surface area contributed by atoms with Gasteiger partial charge in [0, 0.05) is 35.7 Å². The van der Waals surface area contributed by atoms with E-state index in [0.29, 0.717) is 49.7 Å². The lowest BCUT2D eigenvalue weighted by Gasteiger charge is -2.26. The van der Waals surface area contributed by atoms with Gasteiger partial charge >= 0.3 is 0 Å². The molecule has 0 unspecified atom stereocenters. The summed E-state index contributed by atoms with van der Waals surface area (Å²) in [6.07, 6.45) is 0.423. The van der Waals surface area contributed by atoms with Crippen LogP contribution in [0.4, 0.5) is 5.69 Å². The van der Waals surface area contributed by atoms with Gasteiger partial charge in [-0.1, -0.05) is 12.1 Å². The topological polar surface area (TPSA) is 99.5 Å². The van der Waals surface area contributed by atoms with E-state index >= 15 is 0 Å². The highest BCUT2D eigenvalue weighted by atomic mass is 32.2. The van der Waals surface area contributed by atoms with Crippen LogP contribution in [0, 0.1) is 11.3 Å². The molecule has 0 bridgehead atoms. The van der Waals surface area contributed by atoms with Gasteiger partial charge in [0.15, 0.2) is 0 Å². The Hall–Kier alpha value is -2.38. The van der Waals surface area contributed by atoms with E-state index in [2.05, 4.69) is 11.4 Å². The Morgan fingerprint density at radius 3 is 2.52 bits per heavy atom. The number of hydrogen-bond acceptors (Lipinski definition) is 6. The molecule has 1 fully saturated rings. The van der Waals surface area contributed by atoms with Crippen molar-refractivity contribution in [3.05, 3.63) is 54.1 Å². The predicted octanol–water partition coefficient (Wildman–Crippen LogP) is 2.97. The number of benzene rings is 2. The van der Waals surface area contributed by atoms with Crippen molar-refractivity contribution in [2.24, 2.45) is 0 Å². The lowest BCUT2D eigenvalue weighted by molar-refractivity contribution is 0.0730. The van der Waals surface area contributed by atoms with Crippen LogP contribution in [0.15, 0.2) is 58.3 Å². The summed E-state index contributed by atoms with van der Waals surface area (Å²) in [7, 11) is -3.59. The number of ether oxygens (including phenoxy) is 1. The lowest BCUT2D eigenvalue weighted by atomic mass is 10.2. The van der Waals surface area contributed by atoms with E-state index in [1.165, 1.54) is 40.3 Å². The summed E-state index contributed by atoms with van der Waals surface area (Å²) < 4.78 is 31.9. The lowest BCUT2D eigenvalue weighted by Crippen LogP contribution is -2.40. The fraction of sp³-hybridized carbons (Fsp3) is 0.300. The Morgan fingerprint density at radius 1 is 1.14 bits per heavy atom. The minimum absolute atomic E-state index is 0.156. The van der Waals surface area contributed by atoms with Crippen molar-refractivity contribution in [1.82, 2.24) is 4.31 Å². The maximum atomic E-state index is 12.7. The van der Waals surface area contributed by atoms with Gasteiger partial charge in [0.25, 0.3) is 5.91 Å². The number of amides is 1. The maximum Gasteiger partial charge on any atom is 0.255 e. The summed E-state index contributed by atoms with van der Waals surface area (Å²) in [4.78, 5) is 13.6.